The molecule has 0 saturated heterocycles. The number of fused-ring (bicyclic) bond motifs is 1. The van der Waals surface area contributed by atoms with E-state index in [1.165, 1.54) is 0 Å². The smallest absolute Gasteiger partial charge is 0.244 e. The fourth-order valence-corrected chi connectivity index (χ4v) is 3.09. The lowest BCUT2D eigenvalue weighted by molar-refractivity contribution is -0.116. The van der Waals surface area contributed by atoms with Crippen LogP contribution >= 0.6 is 0 Å². The molecule has 0 radical (unpaired) electrons. The van der Waals surface area contributed by atoms with Crippen LogP contribution in [0.15, 0.2) is 78.9 Å². The summed E-state index contributed by atoms with van der Waals surface area (Å²) < 4.78 is 7.69. The minimum absolute atomic E-state index is 0.0881. The second kappa shape index (κ2) is 8.28. The number of ether oxygens (including phenoxy) is 1. The zero-order valence-corrected chi connectivity index (χ0v) is 15.6. The van der Waals surface area contributed by atoms with Gasteiger partial charge in [-0.05, 0) is 42.5 Å². The molecule has 0 unspecified atom stereocenters. The van der Waals surface area contributed by atoms with Crippen molar-refractivity contribution in [1.82, 2.24) is 9.55 Å². The third kappa shape index (κ3) is 4.25. The summed E-state index contributed by atoms with van der Waals surface area (Å²) in [5.41, 5.74) is 2.74. The number of nitrogens with zero attached hydrogens (tertiary/aromatic N) is 3. The highest BCUT2D eigenvalue weighted by Crippen LogP contribution is 2.19. The SMILES string of the molecule is N#Cc1cccc(NC(=O)Cn2c(COc3ccccc3)nc3ccccc32)c1. The van der Waals surface area contributed by atoms with Gasteiger partial charge in [-0.2, -0.15) is 5.26 Å². The van der Waals surface area contributed by atoms with Crippen LogP contribution in [0.2, 0.25) is 0 Å². The molecule has 1 amide bonds. The molecule has 0 aliphatic carbocycles. The van der Waals surface area contributed by atoms with E-state index < -0.39 is 0 Å². The largest absolute Gasteiger partial charge is 0.486 e. The molecule has 0 aliphatic heterocycles. The zero-order valence-electron chi connectivity index (χ0n) is 15.6. The number of hydrogen-bond donors (Lipinski definition) is 1. The first-order valence-electron chi connectivity index (χ1n) is 9.15. The quantitative estimate of drug-likeness (QED) is 0.544. The summed E-state index contributed by atoms with van der Waals surface area (Å²) in [6.07, 6.45) is 0. The summed E-state index contributed by atoms with van der Waals surface area (Å²) in [7, 11) is 0. The van der Waals surface area contributed by atoms with Crippen LogP contribution in [0, 0.1) is 11.3 Å². The van der Waals surface area contributed by atoms with E-state index in [0.29, 0.717) is 17.1 Å². The molecule has 6 heteroatoms. The molecule has 4 aromatic rings. The molecular weight excluding hydrogens is 364 g/mol. The molecule has 3 aromatic carbocycles. The van der Waals surface area contributed by atoms with Gasteiger partial charge in [-0.25, -0.2) is 4.98 Å². The first-order valence-corrected chi connectivity index (χ1v) is 9.15. The molecule has 1 aromatic heterocycles. The van der Waals surface area contributed by atoms with Gasteiger partial charge >= 0.3 is 0 Å². The van der Waals surface area contributed by atoms with Crippen molar-refractivity contribution in [3.63, 3.8) is 0 Å². The Morgan fingerprint density at radius 3 is 2.66 bits per heavy atom. The lowest BCUT2D eigenvalue weighted by atomic mass is 10.2. The third-order valence-corrected chi connectivity index (χ3v) is 4.42. The molecule has 0 aliphatic rings. The van der Waals surface area contributed by atoms with Gasteiger partial charge in [0.05, 0.1) is 22.7 Å². The van der Waals surface area contributed by atoms with E-state index in [2.05, 4.69) is 16.4 Å². The minimum atomic E-state index is -0.204. The van der Waals surface area contributed by atoms with Crippen LogP contribution in [0.25, 0.3) is 11.0 Å². The van der Waals surface area contributed by atoms with Crippen LogP contribution in [0.5, 0.6) is 5.75 Å². The standard InChI is InChI=1S/C23H18N4O2/c24-14-17-7-6-8-18(13-17)25-23(28)15-27-21-12-5-4-11-20(21)26-22(27)16-29-19-9-2-1-3-10-19/h1-13H,15-16H2,(H,25,28). The van der Waals surface area contributed by atoms with Crippen LogP contribution in [-0.4, -0.2) is 15.5 Å². The summed E-state index contributed by atoms with van der Waals surface area (Å²) >= 11 is 0. The number of imidazole rings is 1. The fourth-order valence-electron chi connectivity index (χ4n) is 3.09. The summed E-state index contributed by atoms with van der Waals surface area (Å²) in [6, 6.07) is 26.0. The van der Waals surface area contributed by atoms with Gasteiger partial charge in [-0.1, -0.05) is 36.4 Å². The van der Waals surface area contributed by atoms with Gasteiger partial charge in [0, 0.05) is 5.69 Å². The minimum Gasteiger partial charge on any atom is -0.486 e. The van der Waals surface area contributed by atoms with E-state index in [4.69, 9.17) is 10.00 Å². The number of carbonyl (C=O) groups is 1. The summed E-state index contributed by atoms with van der Waals surface area (Å²) in [6.45, 7) is 0.334. The monoisotopic (exact) mass is 382 g/mol. The summed E-state index contributed by atoms with van der Waals surface area (Å²) in [4.78, 5) is 17.3. The Morgan fingerprint density at radius 2 is 1.83 bits per heavy atom. The van der Waals surface area contributed by atoms with Crippen molar-refractivity contribution in [1.29, 1.82) is 5.26 Å². The lowest BCUT2D eigenvalue weighted by Gasteiger charge is -2.11. The normalized spacial score (nSPS) is 10.4. The number of nitriles is 1. The maximum absolute atomic E-state index is 12.7. The maximum atomic E-state index is 12.7. The number of nitrogens with one attached hydrogen (secondary N) is 1. The molecular formula is C23H18N4O2. The van der Waals surface area contributed by atoms with Crippen molar-refractivity contribution in [3.05, 3.63) is 90.3 Å². The molecule has 0 bridgehead atoms. The van der Waals surface area contributed by atoms with Crippen molar-refractivity contribution in [3.8, 4) is 11.8 Å². The number of carbonyl (C=O) groups excluding carboxylic acids is 1. The van der Waals surface area contributed by atoms with Crippen molar-refractivity contribution in [2.24, 2.45) is 0 Å². The van der Waals surface area contributed by atoms with E-state index >= 15 is 0 Å². The Labute approximate surface area is 168 Å². The predicted octanol–water partition coefficient (Wildman–Crippen LogP) is 4.13. The summed E-state index contributed by atoms with van der Waals surface area (Å²) in [5.74, 6) is 1.20. The van der Waals surface area contributed by atoms with Gasteiger partial charge in [0.1, 0.15) is 24.7 Å². The van der Waals surface area contributed by atoms with Gasteiger partial charge in [0.2, 0.25) is 5.91 Å². The second-order valence-corrected chi connectivity index (χ2v) is 6.45. The van der Waals surface area contributed by atoms with E-state index in [0.717, 1.165) is 16.8 Å². The van der Waals surface area contributed by atoms with E-state index in [1.807, 2.05) is 59.2 Å². The molecule has 6 nitrogen and oxygen atoms in total. The third-order valence-electron chi connectivity index (χ3n) is 4.42. The molecule has 29 heavy (non-hydrogen) atoms. The fraction of sp³-hybridized carbons (Fsp3) is 0.0870. The van der Waals surface area contributed by atoms with Crippen molar-refractivity contribution in [2.75, 3.05) is 5.32 Å². The predicted molar refractivity (Wildman–Crippen MR) is 110 cm³/mol. The molecule has 0 atom stereocenters. The van der Waals surface area contributed by atoms with Gasteiger partial charge in [0.25, 0.3) is 0 Å². The van der Waals surface area contributed by atoms with Gasteiger partial charge < -0.3 is 14.6 Å². The molecule has 1 N–H and O–H groups in total. The number of amides is 1. The van der Waals surface area contributed by atoms with Gasteiger partial charge in [-0.15, -0.1) is 0 Å². The first-order chi connectivity index (χ1) is 14.2. The molecule has 1 heterocycles. The topological polar surface area (TPSA) is 79.9 Å². The number of benzene rings is 3. The van der Waals surface area contributed by atoms with Crippen molar-refractivity contribution < 1.29 is 9.53 Å². The van der Waals surface area contributed by atoms with Crippen molar-refractivity contribution >= 4 is 22.6 Å². The Kier molecular flexibility index (Phi) is 5.21. The Balaban J connectivity index is 1.56. The van der Waals surface area contributed by atoms with Crippen LogP contribution in [0.1, 0.15) is 11.4 Å². The average molecular weight is 382 g/mol. The molecule has 0 saturated carbocycles. The molecule has 142 valence electrons. The van der Waals surface area contributed by atoms with Crippen LogP contribution in [0.4, 0.5) is 5.69 Å². The highest BCUT2D eigenvalue weighted by molar-refractivity contribution is 5.92. The number of rotatable bonds is 6. The Morgan fingerprint density at radius 1 is 1.03 bits per heavy atom. The number of para-hydroxylation sites is 3. The molecule has 0 fully saturated rings. The van der Waals surface area contributed by atoms with Crippen LogP contribution in [0.3, 0.4) is 0 Å². The average Bonchev–Trinajstić information content (AvgIpc) is 3.10. The zero-order chi connectivity index (χ0) is 20.1. The summed E-state index contributed by atoms with van der Waals surface area (Å²) in [5, 5.41) is 11.9. The highest BCUT2D eigenvalue weighted by atomic mass is 16.5. The Hall–Kier alpha value is -4.11. The maximum Gasteiger partial charge on any atom is 0.244 e. The van der Waals surface area contributed by atoms with Crippen molar-refractivity contribution in [2.45, 2.75) is 13.2 Å². The molecule has 4 rings (SSSR count). The van der Waals surface area contributed by atoms with Crippen LogP contribution in [-0.2, 0) is 17.9 Å². The van der Waals surface area contributed by atoms with Gasteiger partial charge in [-0.3, -0.25) is 4.79 Å². The van der Waals surface area contributed by atoms with E-state index in [-0.39, 0.29) is 19.1 Å². The highest BCUT2D eigenvalue weighted by Gasteiger charge is 2.14. The number of hydrogen-bond acceptors (Lipinski definition) is 4. The van der Waals surface area contributed by atoms with E-state index in [9.17, 15) is 4.79 Å². The Bertz CT molecular complexity index is 1190. The molecule has 0 spiro atoms. The number of anilines is 1. The number of aromatic nitrogens is 2. The van der Waals surface area contributed by atoms with Crippen LogP contribution < -0.4 is 10.1 Å². The van der Waals surface area contributed by atoms with E-state index in [1.54, 1.807) is 24.3 Å². The second-order valence-electron chi connectivity index (χ2n) is 6.45. The van der Waals surface area contributed by atoms with Gasteiger partial charge in [0.15, 0.2) is 0 Å². The lowest BCUT2D eigenvalue weighted by Crippen LogP contribution is -2.20. The first kappa shape index (κ1) is 18.3.